The predicted octanol–water partition coefficient (Wildman–Crippen LogP) is 7.22. The Hall–Kier alpha value is -2.71. The highest BCUT2D eigenvalue weighted by atomic mass is 79.9. The second-order valence-electron chi connectivity index (χ2n) is 6.72. The van der Waals surface area contributed by atoms with Gasteiger partial charge in [-0.3, -0.25) is 4.79 Å². The third-order valence-corrected chi connectivity index (χ3v) is 5.91. The Balaban J connectivity index is 1.87. The molecule has 26 heavy (non-hydrogen) atoms. The molecule has 0 radical (unpaired) electrons. The van der Waals surface area contributed by atoms with Crippen molar-refractivity contribution in [3.8, 4) is 11.1 Å². The molecular weight excluding hydrogens is 384 g/mol. The number of carbonyl (C=O) groups is 1. The molecule has 0 N–H and O–H groups in total. The smallest absolute Gasteiger partial charge is 0.159 e. The Morgan fingerprint density at radius 2 is 1.27 bits per heavy atom. The van der Waals surface area contributed by atoms with Crippen LogP contribution in [-0.2, 0) is 0 Å². The fraction of sp³-hybridized carbons (Fsp3) is 0.0417. The molecule has 0 atom stereocenters. The zero-order valence-electron chi connectivity index (χ0n) is 14.2. The highest BCUT2D eigenvalue weighted by Crippen LogP contribution is 2.41. The van der Waals surface area contributed by atoms with E-state index in [1.54, 1.807) is 6.92 Å². The maximum atomic E-state index is 11.6. The normalized spacial score (nSPS) is 11.6. The summed E-state index contributed by atoms with van der Waals surface area (Å²) in [5.41, 5.74) is 3.07. The Morgan fingerprint density at radius 3 is 1.96 bits per heavy atom. The summed E-state index contributed by atoms with van der Waals surface area (Å²) in [4.78, 5) is 11.6. The molecule has 0 aromatic heterocycles. The fourth-order valence-electron chi connectivity index (χ4n) is 3.90. The van der Waals surface area contributed by atoms with Gasteiger partial charge in [0.2, 0.25) is 0 Å². The highest BCUT2D eigenvalue weighted by molar-refractivity contribution is 9.10. The molecular formula is C24H15BrO. The van der Waals surface area contributed by atoms with Crippen LogP contribution >= 0.6 is 15.9 Å². The lowest BCUT2D eigenvalue weighted by Gasteiger charge is -2.15. The molecule has 0 saturated carbocycles. The molecule has 0 fully saturated rings. The largest absolute Gasteiger partial charge is 0.295 e. The zero-order valence-corrected chi connectivity index (χ0v) is 15.8. The number of Topliss-reactive ketones (excluding diaryl/α,β-unsaturated/α-hetero) is 1. The molecule has 0 unspecified atom stereocenters. The van der Waals surface area contributed by atoms with Crippen LogP contribution in [0.25, 0.3) is 43.4 Å². The average molecular weight is 399 g/mol. The molecule has 5 aromatic rings. The van der Waals surface area contributed by atoms with Crippen molar-refractivity contribution in [2.45, 2.75) is 6.92 Å². The van der Waals surface area contributed by atoms with Crippen LogP contribution in [0.1, 0.15) is 17.3 Å². The van der Waals surface area contributed by atoms with Crippen molar-refractivity contribution in [2.24, 2.45) is 0 Å². The lowest BCUT2D eigenvalue weighted by molar-refractivity contribution is 0.101. The van der Waals surface area contributed by atoms with Crippen LogP contribution in [0.2, 0.25) is 0 Å². The third kappa shape index (κ3) is 2.19. The number of benzene rings is 5. The van der Waals surface area contributed by atoms with Crippen molar-refractivity contribution in [3.05, 3.63) is 82.8 Å². The topological polar surface area (TPSA) is 17.1 Å². The van der Waals surface area contributed by atoms with Gasteiger partial charge in [0, 0.05) is 10.0 Å². The van der Waals surface area contributed by atoms with E-state index in [0.717, 1.165) is 15.6 Å². The first-order chi connectivity index (χ1) is 12.6. The number of hydrogen-bond acceptors (Lipinski definition) is 1. The summed E-state index contributed by atoms with van der Waals surface area (Å²) in [5.74, 6) is 0.0942. The van der Waals surface area contributed by atoms with Gasteiger partial charge in [0.05, 0.1) is 0 Å². The minimum Gasteiger partial charge on any atom is -0.295 e. The summed E-state index contributed by atoms with van der Waals surface area (Å²) >= 11 is 3.69. The van der Waals surface area contributed by atoms with E-state index in [0.29, 0.717) is 0 Å². The Kier molecular flexibility index (Phi) is 3.38. The van der Waals surface area contributed by atoms with Crippen LogP contribution < -0.4 is 0 Å². The molecule has 0 amide bonds. The standard InChI is InChI=1S/C24H15BrO/c1-14(26)15-2-4-16(5-3-15)19-10-6-17-8-12-21-22(25)13-9-18-7-11-20(19)23(17)24(18)21/h2-13H,1H3. The molecule has 0 saturated heterocycles. The van der Waals surface area contributed by atoms with E-state index < -0.39 is 0 Å². The molecule has 0 aliphatic rings. The SMILES string of the molecule is CC(=O)c1ccc(-c2ccc3ccc4c(Br)ccc5ccc2c3c54)cc1. The first-order valence-electron chi connectivity index (χ1n) is 8.61. The zero-order chi connectivity index (χ0) is 17.8. The van der Waals surface area contributed by atoms with E-state index in [2.05, 4.69) is 64.5 Å². The molecule has 1 nitrogen and oxygen atoms in total. The molecule has 5 aromatic carbocycles. The van der Waals surface area contributed by atoms with E-state index in [1.807, 2.05) is 24.3 Å². The van der Waals surface area contributed by atoms with Gasteiger partial charge in [0.1, 0.15) is 0 Å². The maximum Gasteiger partial charge on any atom is 0.159 e. The second kappa shape index (κ2) is 5.65. The summed E-state index contributed by atoms with van der Waals surface area (Å²) in [6, 6.07) is 25.3. The molecule has 0 heterocycles. The number of rotatable bonds is 2. The van der Waals surface area contributed by atoms with Crippen LogP contribution in [0.3, 0.4) is 0 Å². The number of ketones is 1. The minimum atomic E-state index is 0.0942. The van der Waals surface area contributed by atoms with Gasteiger partial charge in [-0.05, 0) is 56.4 Å². The van der Waals surface area contributed by atoms with Gasteiger partial charge in [-0.2, -0.15) is 0 Å². The monoisotopic (exact) mass is 398 g/mol. The lowest BCUT2D eigenvalue weighted by Crippen LogP contribution is -1.91. The maximum absolute atomic E-state index is 11.6. The van der Waals surface area contributed by atoms with Crippen molar-refractivity contribution in [1.82, 2.24) is 0 Å². The van der Waals surface area contributed by atoms with Gasteiger partial charge in [0.25, 0.3) is 0 Å². The van der Waals surface area contributed by atoms with Crippen molar-refractivity contribution in [3.63, 3.8) is 0 Å². The molecule has 0 spiro atoms. The third-order valence-electron chi connectivity index (χ3n) is 5.21. The molecule has 2 heteroatoms. The first-order valence-corrected chi connectivity index (χ1v) is 9.40. The summed E-state index contributed by atoms with van der Waals surface area (Å²) < 4.78 is 1.12. The van der Waals surface area contributed by atoms with Gasteiger partial charge >= 0.3 is 0 Å². The van der Waals surface area contributed by atoms with Gasteiger partial charge in [-0.1, -0.05) is 82.7 Å². The van der Waals surface area contributed by atoms with Crippen LogP contribution in [0.5, 0.6) is 0 Å². The van der Waals surface area contributed by atoms with Crippen molar-refractivity contribution in [2.75, 3.05) is 0 Å². The Bertz CT molecular complexity index is 1300. The van der Waals surface area contributed by atoms with Gasteiger partial charge in [-0.15, -0.1) is 0 Å². The van der Waals surface area contributed by atoms with Crippen LogP contribution in [0.15, 0.2) is 77.3 Å². The Labute approximate surface area is 159 Å². The summed E-state index contributed by atoms with van der Waals surface area (Å²) in [6.45, 7) is 1.60. The molecule has 0 aliphatic carbocycles. The molecule has 0 aliphatic heterocycles. The minimum absolute atomic E-state index is 0.0942. The average Bonchev–Trinajstić information content (AvgIpc) is 2.67. The number of carbonyl (C=O) groups excluding carboxylic acids is 1. The van der Waals surface area contributed by atoms with Gasteiger partial charge in [0.15, 0.2) is 5.78 Å². The van der Waals surface area contributed by atoms with Gasteiger partial charge < -0.3 is 0 Å². The van der Waals surface area contributed by atoms with E-state index in [9.17, 15) is 4.79 Å². The quantitative estimate of drug-likeness (QED) is 0.226. The van der Waals surface area contributed by atoms with Crippen molar-refractivity contribution in [1.29, 1.82) is 0 Å². The summed E-state index contributed by atoms with van der Waals surface area (Å²) in [7, 11) is 0. The fourth-order valence-corrected chi connectivity index (χ4v) is 4.36. The molecule has 124 valence electrons. The summed E-state index contributed by atoms with van der Waals surface area (Å²) in [5, 5.41) is 7.59. The lowest BCUT2D eigenvalue weighted by atomic mass is 9.89. The van der Waals surface area contributed by atoms with E-state index in [-0.39, 0.29) is 5.78 Å². The molecule has 5 rings (SSSR count). The number of hydrogen-bond donors (Lipinski definition) is 0. The van der Waals surface area contributed by atoms with E-state index in [1.165, 1.54) is 37.9 Å². The van der Waals surface area contributed by atoms with Crippen LogP contribution in [-0.4, -0.2) is 5.78 Å². The highest BCUT2D eigenvalue weighted by Gasteiger charge is 2.13. The van der Waals surface area contributed by atoms with Crippen LogP contribution in [0, 0.1) is 0 Å². The predicted molar refractivity (Wildman–Crippen MR) is 113 cm³/mol. The first kappa shape index (κ1) is 15.5. The van der Waals surface area contributed by atoms with E-state index in [4.69, 9.17) is 0 Å². The molecule has 0 bridgehead atoms. The Morgan fingerprint density at radius 1 is 0.692 bits per heavy atom. The van der Waals surface area contributed by atoms with E-state index >= 15 is 0 Å². The van der Waals surface area contributed by atoms with Crippen molar-refractivity contribution < 1.29 is 4.79 Å². The number of halogens is 1. The second-order valence-corrected chi connectivity index (χ2v) is 7.57. The summed E-state index contributed by atoms with van der Waals surface area (Å²) in [6.07, 6.45) is 0. The van der Waals surface area contributed by atoms with Gasteiger partial charge in [-0.25, -0.2) is 0 Å². The van der Waals surface area contributed by atoms with Crippen molar-refractivity contribution >= 4 is 54.0 Å². The van der Waals surface area contributed by atoms with Crippen LogP contribution in [0.4, 0.5) is 0 Å².